The summed E-state index contributed by atoms with van der Waals surface area (Å²) in [7, 11) is 0. The van der Waals surface area contributed by atoms with Crippen molar-refractivity contribution in [1.82, 2.24) is 9.97 Å². The molecule has 0 unspecified atom stereocenters. The monoisotopic (exact) mass is 472 g/mol. The molecule has 0 saturated carbocycles. The van der Waals surface area contributed by atoms with Crippen LogP contribution in [0.25, 0.3) is 11.4 Å². The van der Waals surface area contributed by atoms with Gasteiger partial charge in [0.05, 0.1) is 13.2 Å². The molecule has 0 radical (unpaired) electrons. The molecule has 0 aliphatic rings. The Labute approximate surface area is 192 Å². The summed E-state index contributed by atoms with van der Waals surface area (Å²) in [6.45, 7) is 3.56. The van der Waals surface area contributed by atoms with E-state index < -0.39 is 24.6 Å². The van der Waals surface area contributed by atoms with Gasteiger partial charge in [-0.05, 0) is 49.1 Å². The molecule has 1 aromatic heterocycles. The molecule has 9 heteroatoms. The third-order valence-electron chi connectivity index (χ3n) is 4.87. The third kappa shape index (κ3) is 8.89. The van der Waals surface area contributed by atoms with E-state index >= 15 is 0 Å². The van der Waals surface area contributed by atoms with Crippen molar-refractivity contribution < 1.29 is 31.8 Å². The van der Waals surface area contributed by atoms with Crippen molar-refractivity contribution in [2.45, 2.75) is 71.0 Å². The summed E-state index contributed by atoms with van der Waals surface area (Å²) >= 11 is 0. The Kier molecular flexibility index (Phi) is 11.0. The number of alkyl halides is 4. The van der Waals surface area contributed by atoms with E-state index in [1.54, 1.807) is 12.4 Å². The lowest BCUT2D eigenvalue weighted by molar-refractivity contribution is -0.408. The second-order valence-corrected chi connectivity index (χ2v) is 7.70. The molecule has 0 amide bonds. The van der Waals surface area contributed by atoms with Gasteiger partial charge in [0.25, 0.3) is 0 Å². The maximum atomic E-state index is 14.0. The molecule has 2 rings (SSSR count). The molecule has 0 bridgehead atoms. The molecule has 1 aromatic carbocycles. The van der Waals surface area contributed by atoms with Crippen molar-refractivity contribution >= 4 is 0 Å². The van der Waals surface area contributed by atoms with Crippen LogP contribution in [0.15, 0.2) is 36.7 Å². The van der Waals surface area contributed by atoms with Gasteiger partial charge < -0.3 is 14.2 Å². The van der Waals surface area contributed by atoms with Gasteiger partial charge >= 0.3 is 12.2 Å². The topological polar surface area (TPSA) is 53.5 Å². The first-order valence-electron chi connectivity index (χ1n) is 11.4. The summed E-state index contributed by atoms with van der Waals surface area (Å²) in [4.78, 5) is 8.60. The summed E-state index contributed by atoms with van der Waals surface area (Å²) in [5.74, 6) is -0.0267. The van der Waals surface area contributed by atoms with Gasteiger partial charge in [-0.25, -0.2) is 9.97 Å². The standard InChI is InChI=1S/C24H32F4N2O3/c1-3-5-7-8-9-19-17-29-22(30-18-19)20-10-12-21(13-11-20)33-24(27,28)23(25,26)32-16-15-31-14-6-4-2/h10-13,17-18H,3-9,14-16H2,1-2H3. The molecule has 33 heavy (non-hydrogen) atoms. The maximum Gasteiger partial charge on any atom is 0.494 e. The zero-order valence-corrected chi connectivity index (χ0v) is 19.2. The predicted octanol–water partition coefficient (Wildman–Crippen LogP) is 6.66. The Morgan fingerprint density at radius 1 is 0.758 bits per heavy atom. The molecule has 0 aliphatic carbocycles. The molecule has 5 nitrogen and oxygen atoms in total. The van der Waals surface area contributed by atoms with E-state index in [0.717, 1.165) is 49.8 Å². The van der Waals surface area contributed by atoms with Crippen molar-refractivity contribution in [2.24, 2.45) is 0 Å². The van der Waals surface area contributed by atoms with Crippen LogP contribution in [-0.2, 0) is 15.9 Å². The molecule has 0 N–H and O–H groups in total. The molecule has 2 aromatic rings. The average Bonchev–Trinajstić information content (AvgIpc) is 2.80. The Morgan fingerprint density at radius 3 is 2.06 bits per heavy atom. The molecule has 0 saturated heterocycles. The fourth-order valence-electron chi connectivity index (χ4n) is 2.93. The highest BCUT2D eigenvalue weighted by Gasteiger charge is 2.61. The number of halogens is 4. The van der Waals surface area contributed by atoms with E-state index in [4.69, 9.17) is 4.74 Å². The highest BCUT2D eigenvalue weighted by molar-refractivity contribution is 5.55. The molecular weight excluding hydrogens is 440 g/mol. The number of rotatable bonds is 16. The highest BCUT2D eigenvalue weighted by atomic mass is 19.3. The summed E-state index contributed by atoms with van der Waals surface area (Å²) in [6.07, 6.45) is 0.897. The van der Waals surface area contributed by atoms with Crippen molar-refractivity contribution in [3.8, 4) is 17.1 Å². The lowest BCUT2D eigenvalue weighted by Crippen LogP contribution is -2.47. The average molecular weight is 473 g/mol. The lowest BCUT2D eigenvalue weighted by Gasteiger charge is -2.26. The largest absolute Gasteiger partial charge is 0.494 e. The SMILES string of the molecule is CCCCCCc1cnc(-c2ccc(OC(F)(F)C(F)(F)OCCOCCCC)cc2)nc1. The Morgan fingerprint density at radius 2 is 1.42 bits per heavy atom. The summed E-state index contributed by atoms with van der Waals surface area (Å²) in [6, 6.07) is 5.19. The van der Waals surface area contributed by atoms with Crippen LogP contribution in [0.2, 0.25) is 0 Å². The van der Waals surface area contributed by atoms with Crippen LogP contribution in [0, 0.1) is 0 Å². The predicted molar refractivity (Wildman–Crippen MR) is 118 cm³/mol. The number of hydrogen-bond acceptors (Lipinski definition) is 5. The second kappa shape index (κ2) is 13.4. The molecule has 0 fully saturated rings. The van der Waals surface area contributed by atoms with Crippen LogP contribution in [0.4, 0.5) is 17.6 Å². The minimum absolute atomic E-state index is 0.210. The van der Waals surface area contributed by atoms with Gasteiger partial charge in [0.1, 0.15) is 5.75 Å². The van der Waals surface area contributed by atoms with Crippen LogP contribution in [0.1, 0.15) is 57.9 Å². The molecule has 184 valence electrons. The molecule has 0 atom stereocenters. The minimum Gasteiger partial charge on any atom is -0.426 e. The lowest BCUT2D eigenvalue weighted by atomic mass is 10.1. The maximum absolute atomic E-state index is 14.0. The van der Waals surface area contributed by atoms with E-state index in [1.807, 2.05) is 6.92 Å². The van der Waals surface area contributed by atoms with Gasteiger partial charge in [-0.2, -0.15) is 17.6 Å². The fourth-order valence-corrected chi connectivity index (χ4v) is 2.93. The molecule has 0 aliphatic heterocycles. The smallest absolute Gasteiger partial charge is 0.426 e. The number of nitrogens with zero attached hydrogens (tertiary/aromatic N) is 2. The highest BCUT2D eigenvalue weighted by Crippen LogP contribution is 2.37. The normalized spacial score (nSPS) is 12.2. The second-order valence-electron chi connectivity index (χ2n) is 7.70. The van der Waals surface area contributed by atoms with Gasteiger partial charge in [0, 0.05) is 24.6 Å². The van der Waals surface area contributed by atoms with Crippen LogP contribution >= 0.6 is 0 Å². The van der Waals surface area contributed by atoms with Crippen LogP contribution in [0.3, 0.4) is 0 Å². The first kappa shape index (κ1) is 27.0. The van der Waals surface area contributed by atoms with E-state index in [2.05, 4.69) is 26.4 Å². The van der Waals surface area contributed by atoms with Gasteiger partial charge in [-0.1, -0.05) is 39.5 Å². The summed E-state index contributed by atoms with van der Waals surface area (Å²) < 4.78 is 68.9. The van der Waals surface area contributed by atoms with Crippen LogP contribution < -0.4 is 4.74 Å². The zero-order valence-electron chi connectivity index (χ0n) is 19.2. The van der Waals surface area contributed by atoms with E-state index in [1.165, 1.54) is 25.0 Å². The van der Waals surface area contributed by atoms with Crippen LogP contribution in [0.5, 0.6) is 5.75 Å². The van der Waals surface area contributed by atoms with Crippen LogP contribution in [-0.4, -0.2) is 42.0 Å². The molecule has 0 spiro atoms. The fraction of sp³-hybridized carbons (Fsp3) is 0.583. The van der Waals surface area contributed by atoms with Gasteiger partial charge in [0.2, 0.25) is 0 Å². The number of unbranched alkanes of at least 4 members (excludes halogenated alkanes) is 4. The van der Waals surface area contributed by atoms with Crippen molar-refractivity contribution in [2.75, 3.05) is 19.8 Å². The van der Waals surface area contributed by atoms with E-state index in [9.17, 15) is 17.6 Å². The molecule has 1 heterocycles. The quantitative estimate of drug-likeness (QED) is 0.202. The minimum atomic E-state index is -4.85. The third-order valence-corrected chi connectivity index (χ3v) is 4.87. The number of aryl methyl sites for hydroxylation is 1. The van der Waals surface area contributed by atoms with Crippen molar-refractivity contribution in [1.29, 1.82) is 0 Å². The molecular formula is C24H32F4N2O3. The Hall–Kier alpha value is -2.26. The van der Waals surface area contributed by atoms with E-state index in [-0.39, 0.29) is 6.61 Å². The Bertz CT molecular complexity index is 802. The van der Waals surface area contributed by atoms with Crippen molar-refractivity contribution in [3.63, 3.8) is 0 Å². The first-order valence-corrected chi connectivity index (χ1v) is 11.4. The number of benzene rings is 1. The number of aromatic nitrogens is 2. The Balaban J connectivity index is 1.89. The van der Waals surface area contributed by atoms with Gasteiger partial charge in [-0.15, -0.1) is 0 Å². The summed E-state index contributed by atoms with van der Waals surface area (Å²) in [5.41, 5.74) is 1.57. The number of hydrogen-bond donors (Lipinski definition) is 0. The van der Waals surface area contributed by atoms with Gasteiger partial charge in [-0.3, -0.25) is 0 Å². The number of ether oxygens (including phenoxy) is 3. The zero-order chi connectivity index (χ0) is 24.2. The summed E-state index contributed by atoms with van der Waals surface area (Å²) in [5, 5.41) is 0. The first-order chi connectivity index (χ1) is 15.8. The van der Waals surface area contributed by atoms with Gasteiger partial charge in [0.15, 0.2) is 5.82 Å². The van der Waals surface area contributed by atoms with Crippen molar-refractivity contribution in [3.05, 3.63) is 42.2 Å². The van der Waals surface area contributed by atoms with E-state index in [0.29, 0.717) is 18.0 Å².